The Morgan fingerprint density at radius 3 is 2.59 bits per heavy atom. The monoisotopic (exact) mass is 433 g/mol. The molecule has 4 rings (SSSR count). The van der Waals surface area contributed by atoms with Crippen LogP contribution in [0.4, 0.5) is 0 Å². The number of piperidine rings is 1. The third-order valence-corrected chi connectivity index (χ3v) is 6.84. The van der Waals surface area contributed by atoms with Gasteiger partial charge in [0.2, 0.25) is 0 Å². The minimum absolute atomic E-state index is 0.0415. The molecule has 1 fully saturated rings. The van der Waals surface area contributed by atoms with Gasteiger partial charge in [-0.05, 0) is 60.9 Å². The van der Waals surface area contributed by atoms with Gasteiger partial charge in [0.15, 0.2) is 0 Å². The van der Waals surface area contributed by atoms with Crippen molar-refractivity contribution in [3.05, 3.63) is 70.3 Å². The molecule has 2 heterocycles. The molecule has 4 heteroatoms. The lowest BCUT2D eigenvalue weighted by Gasteiger charge is -2.33. The van der Waals surface area contributed by atoms with Gasteiger partial charge in [-0.3, -0.25) is 4.79 Å². The fourth-order valence-corrected chi connectivity index (χ4v) is 4.87. The van der Waals surface area contributed by atoms with Gasteiger partial charge in [-0.1, -0.05) is 61.4 Å². The molecule has 0 unspecified atom stereocenters. The van der Waals surface area contributed by atoms with Crippen LogP contribution in [0.1, 0.15) is 61.8 Å². The highest BCUT2D eigenvalue weighted by atomic mass is 16.5. The number of rotatable bonds is 5. The van der Waals surface area contributed by atoms with Gasteiger partial charge < -0.3 is 14.4 Å². The number of likely N-dealkylation sites (tertiary alicyclic amines) is 1. The Kier molecular flexibility index (Phi) is 6.71. The molecule has 0 aliphatic carbocycles. The zero-order valence-corrected chi connectivity index (χ0v) is 19.9. The molecule has 0 saturated carbocycles. The number of aryl methyl sites for hydroxylation is 1. The van der Waals surface area contributed by atoms with Crippen molar-refractivity contribution >= 4 is 11.5 Å². The Bertz CT molecular complexity index is 1010. The maximum absolute atomic E-state index is 11.7. The topological polar surface area (TPSA) is 38.8 Å². The first-order valence-electron chi connectivity index (χ1n) is 11.7. The van der Waals surface area contributed by atoms with Crippen LogP contribution in [0.2, 0.25) is 0 Å². The molecular weight excluding hydrogens is 398 g/mol. The molecule has 32 heavy (non-hydrogen) atoms. The van der Waals surface area contributed by atoms with Crippen molar-refractivity contribution < 1.29 is 14.3 Å². The lowest BCUT2D eigenvalue weighted by atomic mass is 9.84. The van der Waals surface area contributed by atoms with Crippen molar-refractivity contribution in [1.29, 1.82) is 0 Å². The summed E-state index contributed by atoms with van der Waals surface area (Å²) in [5.41, 5.74) is 7.95. The number of carbonyl (C=O) groups is 1. The number of fused-ring (bicyclic) bond motifs is 2. The molecule has 4 nitrogen and oxygen atoms in total. The molecule has 2 aliphatic rings. The highest BCUT2D eigenvalue weighted by Crippen LogP contribution is 2.41. The van der Waals surface area contributed by atoms with Gasteiger partial charge in [0.1, 0.15) is 12.4 Å². The second kappa shape index (κ2) is 9.50. The molecule has 0 atom stereocenters. The number of hydrogen-bond acceptors (Lipinski definition) is 4. The van der Waals surface area contributed by atoms with Crippen LogP contribution < -0.4 is 4.74 Å². The van der Waals surface area contributed by atoms with E-state index in [2.05, 4.69) is 68.1 Å². The van der Waals surface area contributed by atoms with Gasteiger partial charge >= 0.3 is 5.97 Å². The van der Waals surface area contributed by atoms with Crippen molar-refractivity contribution in [2.75, 3.05) is 26.7 Å². The maximum atomic E-state index is 11.7. The standard InChI is InChI=1S/C28H35NO3/c1-20-9-10-23-22(17-20)19-32-25-8-6-5-7-24(25)27(23)21-11-14-29(15-12-21)16-13-28(2,3)18-26(30)31-4/h5-10,17H,11-16,18-19H2,1-4H3. The number of methoxy groups -OCH3 is 1. The highest BCUT2D eigenvalue weighted by Gasteiger charge is 2.27. The molecule has 1 saturated heterocycles. The Hall–Kier alpha value is -2.59. The summed E-state index contributed by atoms with van der Waals surface area (Å²) >= 11 is 0. The van der Waals surface area contributed by atoms with Gasteiger partial charge in [0, 0.05) is 18.7 Å². The van der Waals surface area contributed by atoms with Crippen molar-refractivity contribution in [3.8, 4) is 5.75 Å². The zero-order valence-electron chi connectivity index (χ0n) is 19.9. The first-order valence-corrected chi connectivity index (χ1v) is 11.7. The summed E-state index contributed by atoms with van der Waals surface area (Å²) in [5.74, 6) is 0.861. The Morgan fingerprint density at radius 1 is 1.09 bits per heavy atom. The second-order valence-electron chi connectivity index (χ2n) is 9.93. The third kappa shape index (κ3) is 5.07. The Morgan fingerprint density at radius 2 is 1.84 bits per heavy atom. The van der Waals surface area contributed by atoms with E-state index in [4.69, 9.17) is 9.47 Å². The Labute approximate surface area is 192 Å². The fourth-order valence-electron chi connectivity index (χ4n) is 4.87. The highest BCUT2D eigenvalue weighted by molar-refractivity contribution is 5.87. The van der Waals surface area contributed by atoms with E-state index in [1.165, 1.54) is 40.5 Å². The van der Waals surface area contributed by atoms with Crippen molar-refractivity contribution in [3.63, 3.8) is 0 Å². The summed E-state index contributed by atoms with van der Waals surface area (Å²) in [5, 5.41) is 0. The summed E-state index contributed by atoms with van der Waals surface area (Å²) in [6, 6.07) is 15.2. The lowest BCUT2D eigenvalue weighted by Crippen LogP contribution is -2.34. The number of nitrogens with zero attached hydrogens (tertiary/aromatic N) is 1. The minimum Gasteiger partial charge on any atom is -0.488 e. The van der Waals surface area contributed by atoms with Gasteiger partial charge in [-0.15, -0.1) is 0 Å². The summed E-state index contributed by atoms with van der Waals surface area (Å²) in [7, 11) is 1.47. The van der Waals surface area contributed by atoms with Gasteiger partial charge in [-0.2, -0.15) is 0 Å². The average molecular weight is 434 g/mol. The molecule has 2 aliphatic heterocycles. The van der Waals surface area contributed by atoms with Crippen LogP contribution in [0.25, 0.3) is 5.57 Å². The normalized spacial score (nSPS) is 16.6. The van der Waals surface area contributed by atoms with Crippen LogP contribution in [0.15, 0.2) is 48.0 Å². The van der Waals surface area contributed by atoms with Crippen molar-refractivity contribution in [1.82, 2.24) is 4.90 Å². The molecule has 0 amide bonds. The predicted molar refractivity (Wildman–Crippen MR) is 129 cm³/mol. The quantitative estimate of drug-likeness (QED) is 0.562. The van der Waals surface area contributed by atoms with Crippen LogP contribution in [0.3, 0.4) is 0 Å². The zero-order chi connectivity index (χ0) is 22.7. The summed E-state index contributed by atoms with van der Waals surface area (Å²) < 4.78 is 11.1. The molecule has 0 aromatic heterocycles. The van der Waals surface area contributed by atoms with E-state index in [9.17, 15) is 4.79 Å². The van der Waals surface area contributed by atoms with Crippen LogP contribution in [0, 0.1) is 12.3 Å². The number of ether oxygens (including phenoxy) is 2. The summed E-state index contributed by atoms with van der Waals surface area (Å²) in [6.45, 7) is 10.2. The molecular formula is C28H35NO3. The van der Waals surface area contributed by atoms with Gasteiger partial charge in [0.05, 0.1) is 13.5 Å². The number of carbonyl (C=O) groups excluding carboxylic acids is 1. The van der Waals surface area contributed by atoms with Crippen molar-refractivity contribution in [2.45, 2.75) is 53.1 Å². The molecule has 170 valence electrons. The molecule has 0 radical (unpaired) electrons. The Balaban J connectivity index is 1.54. The number of benzene rings is 2. The number of esters is 1. The lowest BCUT2D eigenvalue weighted by molar-refractivity contribution is -0.143. The second-order valence-corrected chi connectivity index (χ2v) is 9.93. The number of hydrogen-bond donors (Lipinski definition) is 0. The summed E-state index contributed by atoms with van der Waals surface area (Å²) in [6.07, 6.45) is 3.59. The first-order chi connectivity index (χ1) is 15.4. The SMILES string of the molecule is COC(=O)CC(C)(C)CCN1CCC(=C2c3ccc(C)cc3COc3ccccc32)CC1. The maximum Gasteiger partial charge on any atom is 0.306 e. The van der Waals surface area contributed by atoms with Gasteiger partial charge in [0.25, 0.3) is 0 Å². The van der Waals surface area contributed by atoms with E-state index < -0.39 is 0 Å². The molecule has 0 N–H and O–H groups in total. The van der Waals surface area contributed by atoms with E-state index in [1.54, 1.807) is 0 Å². The smallest absolute Gasteiger partial charge is 0.306 e. The van der Waals surface area contributed by atoms with E-state index >= 15 is 0 Å². The third-order valence-electron chi connectivity index (χ3n) is 6.84. The average Bonchev–Trinajstić information content (AvgIpc) is 2.94. The van der Waals surface area contributed by atoms with Crippen LogP contribution in [0.5, 0.6) is 5.75 Å². The van der Waals surface area contributed by atoms with Crippen molar-refractivity contribution in [2.24, 2.45) is 5.41 Å². The van der Waals surface area contributed by atoms with E-state index in [0.717, 1.165) is 44.6 Å². The molecule has 2 aromatic carbocycles. The predicted octanol–water partition coefficient (Wildman–Crippen LogP) is 5.76. The minimum atomic E-state index is -0.121. The first kappa shape index (κ1) is 22.6. The van der Waals surface area contributed by atoms with Crippen LogP contribution >= 0.6 is 0 Å². The van der Waals surface area contributed by atoms with E-state index in [-0.39, 0.29) is 11.4 Å². The van der Waals surface area contributed by atoms with Gasteiger partial charge in [-0.25, -0.2) is 0 Å². The molecule has 0 spiro atoms. The molecule has 2 aromatic rings. The largest absolute Gasteiger partial charge is 0.488 e. The molecule has 0 bridgehead atoms. The number of para-hydroxylation sites is 1. The fraction of sp³-hybridized carbons (Fsp3) is 0.464. The summed E-state index contributed by atoms with van der Waals surface area (Å²) in [4.78, 5) is 14.2. The van der Waals surface area contributed by atoms with E-state index in [1.807, 2.05) is 0 Å². The van der Waals surface area contributed by atoms with E-state index in [0.29, 0.717) is 13.0 Å². The van der Waals surface area contributed by atoms with Crippen LogP contribution in [-0.2, 0) is 16.1 Å². The van der Waals surface area contributed by atoms with Crippen LogP contribution in [-0.4, -0.2) is 37.6 Å².